The number of anilines is 2. The second-order valence-corrected chi connectivity index (χ2v) is 5.51. The Bertz CT molecular complexity index is 448. The third-order valence-electron chi connectivity index (χ3n) is 3.90. The maximum absolute atomic E-state index is 11.1. The molecule has 2 rings (SSSR count). The summed E-state index contributed by atoms with van der Waals surface area (Å²) in [5.41, 5.74) is 7.51. The number of aliphatic carboxylic acids is 1. The molecule has 0 amide bonds. The number of rotatable bonds is 4. The number of hydrogen-bond acceptors (Lipinski definition) is 3. The normalized spacial score (nSPS) is 23.0. The first-order valence-electron chi connectivity index (χ1n) is 6.91. The number of nitrogens with two attached hydrogens (primary N) is 1. The minimum atomic E-state index is -0.804. The van der Waals surface area contributed by atoms with Crippen LogP contribution in [0.2, 0.25) is 0 Å². The number of nitrogen functional groups attached to an aromatic ring is 1. The lowest BCUT2D eigenvalue weighted by Gasteiger charge is -2.37. The van der Waals surface area contributed by atoms with Crippen LogP contribution in [0.3, 0.4) is 0 Å². The fraction of sp³-hybridized carbons (Fsp3) is 0.533. The highest BCUT2D eigenvalue weighted by atomic mass is 16.4. The Labute approximate surface area is 114 Å². The van der Waals surface area contributed by atoms with E-state index >= 15 is 0 Å². The van der Waals surface area contributed by atoms with Gasteiger partial charge in [0.05, 0.1) is 11.4 Å². The number of hydrogen-bond donors (Lipinski definition) is 2. The highest BCUT2D eigenvalue weighted by molar-refractivity contribution is 5.77. The molecular weight excluding hydrogens is 240 g/mol. The monoisotopic (exact) mass is 262 g/mol. The van der Waals surface area contributed by atoms with Gasteiger partial charge in [-0.3, -0.25) is 4.79 Å². The summed E-state index contributed by atoms with van der Waals surface area (Å²) in [6.07, 6.45) is 4.49. The van der Waals surface area contributed by atoms with Crippen LogP contribution in [0.15, 0.2) is 24.3 Å². The first-order valence-corrected chi connectivity index (χ1v) is 6.91. The Kier molecular flexibility index (Phi) is 4.30. The Balaban J connectivity index is 2.25. The molecule has 1 aliphatic carbocycles. The fourth-order valence-corrected chi connectivity index (χ4v) is 2.99. The number of para-hydroxylation sites is 2. The molecule has 0 aliphatic heterocycles. The van der Waals surface area contributed by atoms with Gasteiger partial charge >= 0.3 is 5.97 Å². The lowest BCUT2D eigenvalue weighted by molar-refractivity contribution is -0.135. The molecule has 0 saturated heterocycles. The van der Waals surface area contributed by atoms with Gasteiger partial charge in [0.1, 0.15) is 6.54 Å². The van der Waals surface area contributed by atoms with Gasteiger partial charge in [0.2, 0.25) is 0 Å². The van der Waals surface area contributed by atoms with Crippen LogP contribution in [0, 0.1) is 5.92 Å². The van der Waals surface area contributed by atoms with E-state index in [4.69, 9.17) is 10.8 Å². The smallest absolute Gasteiger partial charge is 0.323 e. The Morgan fingerprint density at radius 1 is 1.42 bits per heavy atom. The Hall–Kier alpha value is -1.71. The van der Waals surface area contributed by atoms with Gasteiger partial charge in [-0.05, 0) is 30.9 Å². The molecule has 0 heterocycles. The Morgan fingerprint density at radius 3 is 2.79 bits per heavy atom. The van der Waals surface area contributed by atoms with E-state index in [1.54, 1.807) is 0 Å². The zero-order valence-corrected chi connectivity index (χ0v) is 11.4. The van der Waals surface area contributed by atoms with E-state index in [2.05, 4.69) is 6.92 Å². The van der Waals surface area contributed by atoms with Crippen molar-refractivity contribution in [2.45, 2.75) is 38.6 Å². The lowest BCUT2D eigenvalue weighted by Crippen LogP contribution is -2.42. The predicted molar refractivity (Wildman–Crippen MR) is 77.3 cm³/mol. The van der Waals surface area contributed by atoms with Gasteiger partial charge in [-0.25, -0.2) is 0 Å². The molecule has 19 heavy (non-hydrogen) atoms. The quantitative estimate of drug-likeness (QED) is 0.819. The zero-order chi connectivity index (χ0) is 13.8. The van der Waals surface area contributed by atoms with E-state index in [1.165, 1.54) is 6.42 Å². The van der Waals surface area contributed by atoms with Gasteiger partial charge in [0.15, 0.2) is 0 Å². The summed E-state index contributed by atoms with van der Waals surface area (Å²) in [6, 6.07) is 7.81. The molecule has 0 spiro atoms. The highest BCUT2D eigenvalue weighted by Crippen LogP contribution is 2.32. The largest absolute Gasteiger partial charge is 0.480 e. The second-order valence-electron chi connectivity index (χ2n) is 5.51. The van der Waals surface area contributed by atoms with Crippen molar-refractivity contribution in [1.29, 1.82) is 0 Å². The average molecular weight is 262 g/mol. The minimum absolute atomic E-state index is 0.0194. The van der Waals surface area contributed by atoms with Crippen LogP contribution >= 0.6 is 0 Å². The van der Waals surface area contributed by atoms with Gasteiger partial charge in [-0.1, -0.05) is 31.9 Å². The van der Waals surface area contributed by atoms with E-state index in [0.29, 0.717) is 11.6 Å². The molecule has 1 aliphatic rings. The highest BCUT2D eigenvalue weighted by Gasteiger charge is 2.27. The van der Waals surface area contributed by atoms with Crippen LogP contribution in [0.25, 0.3) is 0 Å². The number of nitrogens with zero attached hydrogens (tertiary/aromatic N) is 1. The number of carbonyl (C=O) groups is 1. The van der Waals surface area contributed by atoms with Gasteiger partial charge in [-0.2, -0.15) is 0 Å². The molecule has 4 nitrogen and oxygen atoms in total. The molecule has 1 aromatic rings. The molecule has 0 radical (unpaired) electrons. The van der Waals surface area contributed by atoms with Gasteiger partial charge in [0.25, 0.3) is 0 Å². The summed E-state index contributed by atoms with van der Waals surface area (Å²) < 4.78 is 0. The minimum Gasteiger partial charge on any atom is -0.480 e. The third-order valence-corrected chi connectivity index (χ3v) is 3.90. The average Bonchev–Trinajstić information content (AvgIpc) is 2.37. The second kappa shape index (κ2) is 5.95. The van der Waals surface area contributed by atoms with Gasteiger partial charge in [-0.15, -0.1) is 0 Å². The van der Waals surface area contributed by atoms with Crippen LogP contribution in [0.1, 0.15) is 32.6 Å². The molecule has 1 saturated carbocycles. The van der Waals surface area contributed by atoms with Crippen molar-refractivity contribution in [3.8, 4) is 0 Å². The summed E-state index contributed by atoms with van der Waals surface area (Å²) in [7, 11) is 0. The molecule has 0 bridgehead atoms. The van der Waals surface area contributed by atoms with Crippen molar-refractivity contribution < 1.29 is 9.90 Å². The van der Waals surface area contributed by atoms with Crippen LogP contribution in [0.4, 0.5) is 11.4 Å². The van der Waals surface area contributed by atoms with Crippen molar-refractivity contribution in [3.63, 3.8) is 0 Å². The van der Waals surface area contributed by atoms with Gasteiger partial charge in [0, 0.05) is 6.04 Å². The molecule has 3 N–H and O–H groups in total. The first kappa shape index (κ1) is 13.7. The molecule has 4 heteroatoms. The summed E-state index contributed by atoms with van der Waals surface area (Å²) in [6.45, 7) is 2.26. The van der Waals surface area contributed by atoms with Crippen molar-refractivity contribution in [3.05, 3.63) is 24.3 Å². The number of benzene rings is 1. The van der Waals surface area contributed by atoms with E-state index in [9.17, 15) is 4.79 Å². The third kappa shape index (κ3) is 3.40. The van der Waals surface area contributed by atoms with Crippen molar-refractivity contribution >= 4 is 17.3 Å². The standard InChI is InChI=1S/C15H22N2O2/c1-11-5-4-6-12(9-11)17(10-15(18)19)14-8-3-2-7-13(14)16/h2-3,7-8,11-12H,4-6,9-10,16H2,1H3,(H,18,19). The van der Waals surface area contributed by atoms with E-state index in [1.807, 2.05) is 29.2 Å². The first-order chi connectivity index (χ1) is 9.08. The van der Waals surface area contributed by atoms with Crippen molar-refractivity contribution in [1.82, 2.24) is 0 Å². The molecular formula is C15H22N2O2. The van der Waals surface area contributed by atoms with Crippen LogP contribution in [-0.2, 0) is 4.79 Å². The molecule has 2 atom stereocenters. The summed E-state index contributed by atoms with van der Waals surface area (Å²) in [4.78, 5) is 13.1. The Morgan fingerprint density at radius 2 is 2.16 bits per heavy atom. The topological polar surface area (TPSA) is 66.6 Å². The molecule has 0 aromatic heterocycles. The lowest BCUT2D eigenvalue weighted by atomic mass is 9.86. The number of carboxylic acids is 1. The van der Waals surface area contributed by atoms with E-state index < -0.39 is 5.97 Å². The SMILES string of the molecule is CC1CCCC(N(CC(=O)O)c2ccccc2N)C1. The summed E-state index contributed by atoms with van der Waals surface area (Å²) >= 11 is 0. The fourth-order valence-electron chi connectivity index (χ4n) is 2.99. The maximum atomic E-state index is 11.1. The molecule has 2 unspecified atom stereocenters. The maximum Gasteiger partial charge on any atom is 0.323 e. The summed E-state index contributed by atoms with van der Waals surface area (Å²) in [5, 5.41) is 9.15. The molecule has 1 aromatic carbocycles. The van der Waals surface area contributed by atoms with Crippen LogP contribution in [0.5, 0.6) is 0 Å². The van der Waals surface area contributed by atoms with Crippen LogP contribution < -0.4 is 10.6 Å². The molecule has 1 fully saturated rings. The van der Waals surface area contributed by atoms with Gasteiger partial charge < -0.3 is 15.7 Å². The van der Waals surface area contributed by atoms with E-state index in [-0.39, 0.29) is 12.6 Å². The predicted octanol–water partition coefficient (Wildman–Crippen LogP) is 2.74. The van der Waals surface area contributed by atoms with E-state index in [0.717, 1.165) is 24.9 Å². The number of carboxylic acid groups (broad SMARTS) is 1. The van der Waals surface area contributed by atoms with Crippen molar-refractivity contribution in [2.75, 3.05) is 17.2 Å². The van der Waals surface area contributed by atoms with Crippen LogP contribution in [-0.4, -0.2) is 23.7 Å². The zero-order valence-electron chi connectivity index (χ0n) is 11.4. The van der Waals surface area contributed by atoms with Crippen molar-refractivity contribution in [2.24, 2.45) is 5.92 Å². The summed E-state index contributed by atoms with van der Waals surface area (Å²) in [5.74, 6) is -0.151. The molecule has 104 valence electrons.